The van der Waals surface area contributed by atoms with Crippen molar-refractivity contribution >= 4 is 0 Å². The first-order chi connectivity index (χ1) is 9.63. The Hall–Kier alpha value is -1.61. The van der Waals surface area contributed by atoms with Crippen LogP contribution in [0, 0.1) is 0 Å². The van der Waals surface area contributed by atoms with Gasteiger partial charge in [-0.2, -0.15) is 0 Å². The first kappa shape index (κ1) is 14.8. The number of aromatic nitrogens is 2. The first-order valence-electron chi connectivity index (χ1n) is 7.40. The third-order valence-electron chi connectivity index (χ3n) is 3.79. The van der Waals surface area contributed by atoms with E-state index < -0.39 is 0 Å². The Morgan fingerprint density at radius 3 is 2.65 bits per heavy atom. The second-order valence-electron chi connectivity index (χ2n) is 5.83. The molecule has 0 atom stereocenters. The van der Waals surface area contributed by atoms with Crippen LogP contribution in [0.1, 0.15) is 38.4 Å². The lowest BCUT2D eigenvalue weighted by Crippen LogP contribution is -2.29. The van der Waals surface area contributed by atoms with Crippen LogP contribution in [-0.4, -0.2) is 16.1 Å². The Labute approximate surface area is 122 Å². The average Bonchev–Trinajstić information content (AvgIpc) is 2.93. The molecule has 0 spiro atoms. The van der Waals surface area contributed by atoms with Crippen LogP contribution in [0.25, 0.3) is 0 Å². The number of nitrogens with one attached hydrogen (secondary N) is 1. The van der Waals surface area contributed by atoms with Gasteiger partial charge in [0.25, 0.3) is 0 Å². The first-order valence-corrected chi connectivity index (χ1v) is 7.40. The monoisotopic (exact) mass is 271 g/mol. The summed E-state index contributed by atoms with van der Waals surface area (Å²) >= 11 is 0. The van der Waals surface area contributed by atoms with Gasteiger partial charge in [-0.3, -0.25) is 0 Å². The van der Waals surface area contributed by atoms with E-state index >= 15 is 0 Å². The molecule has 0 aliphatic heterocycles. The minimum Gasteiger partial charge on any atom is -0.328 e. The maximum Gasteiger partial charge on any atom is 0.0953 e. The molecule has 0 saturated carbocycles. The van der Waals surface area contributed by atoms with E-state index in [-0.39, 0.29) is 5.54 Å². The number of imidazole rings is 1. The summed E-state index contributed by atoms with van der Waals surface area (Å²) in [6.45, 7) is 8.56. The molecule has 0 aliphatic carbocycles. The van der Waals surface area contributed by atoms with E-state index in [1.54, 1.807) is 0 Å². The molecule has 0 bridgehead atoms. The second kappa shape index (κ2) is 6.71. The summed E-state index contributed by atoms with van der Waals surface area (Å²) < 4.78 is 2.30. The lowest BCUT2D eigenvalue weighted by molar-refractivity contribution is 0.316. The van der Waals surface area contributed by atoms with E-state index in [0.717, 1.165) is 25.9 Å². The fourth-order valence-corrected chi connectivity index (χ4v) is 2.47. The third kappa shape index (κ3) is 3.70. The van der Waals surface area contributed by atoms with Crippen molar-refractivity contribution in [1.29, 1.82) is 0 Å². The number of rotatable bonds is 7. The maximum absolute atomic E-state index is 4.32. The van der Waals surface area contributed by atoms with Gasteiger partial charge in [0.2, 0.25) is 0 Å². The predicted molar refractivity (Wildman–Crippen MR) is 83.7 cm³/mol. The summed E-state index contributed by atoms with van der Waals surface area (Å²) in [5.41, 5.74) is 2.73. The van der Waals surface area contributed by atoms with E-state index in [1.165, 1.54) is 11.3 Å². The third-order valence-corrected chi connectivity index (χ3v) is 3.79. The minimum atomic E-state index is 0.0805. The molecule has 3 nitrogen and oxygen atoms in total. The normalized spacial score (nSPS) is 11.8. The summed E-state index contributed by atoms with van der Waals surface area (Å²) in [4.78, 5) is 4.32. The molecule has 0 unspecified atom stereocenters. The van der Waals surface area contributed by atoms with Gasteiger partial charge in [0.1, 0.15) is 0 Å². The van der Waals surface area contributed by atoms with Gasteiger partial charge in [0.15, 0.2) is 0 Å². The van der Waals surface area contributed by atoms with E-state index in [9.17, 15) is 0 Å². The standard InChI is InChI=1S/C17H25N3/c1-4-18-12-16-13-19-14-20(16)17(2,3)11-10-15-8-6-5-7-9-15/h5-9,13-14,18H,4,10-12H2,1-3H3. The van der Waals surface area contributed by atoms with Crippen molar-refractivity contribution in [3.05, 3.63) is 54.1 Å². The zero-order valence-corrected chi connectivity index (χ0v) is 12.8. The quantitative estimate of drug-likeness (QED) is 0.837. The zero-order valence-electron chi connectivity index (χ0n) is 12.8. The summed E-state index contributed by atoms with van der Waals surface area (Å²) in [5.74, 6) is 0. The molecule has 2 aromatic rings. The number of hydrogen-bond donors (Lipinski definition) is 1. The average molecular weight is 271 g/mol. The molecule has 20 heavy (non-hydrogen) atoms. The Kier molecular flexibility index (Phi) is 4.96. The molecule has 1 aromatic heterocycles. The van der Waals surface area contributed by atoms with Crippen LogP contribution >= 0.6 is 0 Å². The fourth-order valence-electron chi connectivity index (χ4n) is 2.47. The van der Waals surface area contributed by atoms with Crippen molar-refractivity contribution in [2.45, 2.75) is 45.7 Å². The van der Waals surface area contributed by atoms with Crippen molar-refractivity contribution < 1.29 is 0 Å². The van der Waals surface area contributed by atoms with Crippen molar-refractivity contribution in [2.75, 3.05) is 6.54 Å². The SMILES string of the molecule is CCNCc1cncn1C(C)(C)CCc1ccccc1. The zero-order chi connectivity index (χ0) is 14.4. The lowest BCUT2D eigenvalue weighted by atomic mass is 9.94. The molecule has 0 aliphatic rings. The molecule has 0 saturated heterocycles. The molecule has 0 radical (unpaired) electrons. The van der Waals surface area contributed by atoms with Crippen molar-refractivity contribution in [3.8, 4) is 0 Å². The highest BCUT2D eigenvalue weighted by Crippen LogP contribution is 2.24. The summed E-state index contributed by atoms with van der Waals surface area (Å²) in [6.07, 6.45) is 6.11. The topological polar surface area (TPSA) is 29.9 Å². The van der Waals surface area contributed by atoms with E-state index in [4.69, 9.17) is 0 Å². The van der Waals surface area contributed by atoms with Crippen LogP contribution in [0.2, 0.25) is 0 Å². The van der Waals surface area contributed by atoms with Gasteiger partial charge in [-0.05, 0) is 38.8 Å². The van der Waals surface area contributed by atoms with Crippen LogP contribution in [0.15, 0.2) is 42.9 Å². The molecule has 0 amide bonds. The van der Waals surface area contributed by atoms with E-state index in [2.05, 4.69) is 66.0 Å². The summed E-state index contributed by atoms with van der Waals surface area (Å²) in [6, 6.07) is 10.7. The molecular formula is C17H25N3. The van der Waals surface area contributed by atoms with Crippen LogP contribution in [0.5, 0.6) is 0 Å². The molecule has 1 N–H and O–H groups in total. The van der Waals surface area contributed by atoms with Gasteiger partial charge in [-0.15, -0.1) is 0 Å². The largest absolute Gasteiger partial charge is 0.328 e. The number of aryl methyl sites for hydroxylation is 1. The van der Waals surface area contributed by atoms with Gasteiger partial charge in [-0.1, -0.05) is 37.3 Å². The van der Waals surface area contributed by atoms with Gasteiger partial charge in [0, 0.05) is 18.3 Å². The molecule has 2 rings (SSSR count). The van der Waals surface area contributed by atoms with Crippen molar-refractivity contribution in [2.24, 2.45) is 0 Å². The van der Waals surface area contributed by atoms with Crippen molar-refractivity contribution in [3.63, 3.8) is 0 Å². The predicted octanol–water partition coefficient (Wildman–Crippen LogP) is 3.36. The van der Waals surface area contributed by atoms with Crippen LogP contribution < -0.4 is 5.32 Å². The molecule has 0 fully saturated rings. The van der Waals surface area contributed by atoms with Gasteiger partial charge >= 0.3 is 0 Å². The number of nitrogens with zero attached hydrogens (tertiary/aromatic N) is 2. The summed E-state index contributed by atoms with van der Waals surface area (Å²) in [7, 11) is 0. The van der Waals surface area contributed by atoms with E-state index in [0.29, 0.717) is 0 Å². The molecule has 1 heterocycles. The van der Waals surface area contributed by atoms with Crippen molar-refractivity contribution in [1.82, 2.24) is 14.9 Å². The van der Waals surface area contributed by atoms with E-state index in [1.807, 2.05) is 12.5 Å². The van der Waals surface area contributed by atoms with Crippen LogP contribution in [0.3, 0.4) is 0 Å². The highest BCUT2D eigenvalue weighted by Gasteiger charge is 2.22. The van der Waals surface area contributed by atoms with Crippen LogP contribution in [-0.2, 0) is 18.5 Å². The Bertz CT molecular complexity index is 514. The van der Waals surface area contributed by atoms with Gasteiger partial charge < -0.3 is 9.88 Å². The Morgan fingerprint density at radius 1 is 1.20 bits per heavy atom. The Balaban J connectivity index is 2.04. The highest BCUT2D eigenvalue weighted by molar-refractivity contribution is 5.15. The lowest BCUT2D eigenvalue weighted by Gasteiger charge is -2.29. The smallest absolute Gasteiger partial charge is 0.0953 e. The maximum atomic E-state index is 4.32. The molecule has 108 valence electrons. The number of benzene rings is 1. The van der Waals surface area contributed by atoms with Gasteiger partial charge in [0.05, 0.1) is 12.0 Å². The van der Waals surface area contributed by atoms with Gasteiger partial charge in [-0.25, -0.2) is 4.98 Å². The minimum absolute atomic E-state index is 0.0805. The second-order valence-corrected chi connectivity index (χ2v) is 5.83. The fraction of sp³-hybridized carbons (Fsp3) is 0.471. The molecule has 1 aromatic carbocycles. The molecular weight excluding hydrogens is 246 g/mol. The summed E-state index contributed by atoms with van der Waals surface area (Å²) in [5, 5.41) is 3.38. The number of hydrogen-bond acceptors (Lipinski definition) is 2. The highest BCUT2D eigenvalue weighted by atomic mass is 15.1. The Morgan fingerprint density at radius 2 is 1.95 bits per heavy atom. The molecule has 3 heteroatoms. The van der Waals surface area contributed by atoms with Crippen LogP contribution in [0.4, 0.5) is 0 Å².